The van der Waals surface area contributed by atoms with Gasteiger partial charge in [0.2, 0.25) is 0 Å². The molecular weight excluding hydrogens is 261 g/mol. The summed E-state index contributed by atoms with van der Waals surface area (Å²) in [5.74, 6) is -0.508. The summed E-state index contributed by atoms with van der Waals surface area (Å²) in [6.45, 7) is 0. The topological polar surface area (TPSA) is 57.0 Å². The molecule has 0 radical (unpaired) electrons. The lowest BCUT2D eigenvalue weighted by Crippen LogP contribution is -2.19. The van der Waals surface area contributed by atoms with E-state index in [9.17, 15) is 9.18 Å². The molecule has 0 saturated carbocycles. The number of hydrogen-bond acceptors (Lipinski definition) is 4. The van der Waals surface area contributed by atoms with E-state index in [4.69, 9.17) is 4.74 Å². The standard InChI is InChI=1S/C14H10FN3O2/c1-18-13(19)9-6-7-16-8-11(9)17-14(18)20-12-5-3-2-4-10(12)15/h2-8H,1H3. The number of halogens is 1. The SMILES string of the molecule is Cn1c(Oc2ccccc2F)nc2cnccc2c1=O. The van der Waals surface area contributed by atoms with Crippen LogP contribution in [0.25, 0.3) is 10.9 Å². The van der Waals surface area contributed by atoms with Crippen LogP contribution in [0.4, 0.5) is 4.39 Å². The Morgan fingerprint density at radius 1 is 1.25 bits per heavy atom. The smallest absolute Gasteiger partial charge is 0.305 e. The second kappa shape index (κ2) is 4.73. The summed E-state index contributed by atoms with van der Waals surface area (Å²) in [6, 6.07) is 7.53. The molecule has 1 aromatic carbocycles. The molecule has 2 aromatic heterocycles. The molecule has 0 saturated heterocycles. The molecule has 6 heteroatoms. The van der Waals surface area contributed by atoms with E-state index in [0.29, 0.717) is 10.9 Å². The minimum absolute atomic E-state index is 0.0123. The van der Waals surface area contributed by atoms with Crippen LogP contribution in [0.1, 0.15) is 0 Å². The molecule has 0 atom stereocenters. The van der Waals surface area contributed by atoms with Crippen LogP contribution in [0.15, 0.2) is 47.5 Å². The highest BCUT2D eigenvalue weighted by molar-refractivity contribution is 5.76. The minimum Gasteiger partial charge on any atom is -0.422 e. The highest BCUT2D eigenvalue weighted by atomic mass is 19.1. The van der Waals surface area contributed by atoms with Crippen LogP contribution in [-0.4, -0.2) is 14.5 Å². The molecule has 0 aliphatic rings. The fourth-order valence-corrected chi connectivity index (χ4v) is 1.82. The molecule has 3 rings (SSSR count). The van der Waals surface area contributed by atoms with Crippen molar-refractivity contribution in [3.63, 3.8) is 0 Å². The van der Waals surface area contributed by atoms with Crippen molar-refractivity contribution in [3.05, 3.63) is 58.9 Å². The molecule has 0 aliphatic carbocycles. The van der Waals surface area contributed by atoms with E-state index in [-0.39, 0.29) is 17.3 Å². The van der Waals surface area contributed by atoms with Crippen molar-refractivity contribution in [2.75, 3.05) is 0 Å². The molecule has 0 N–H and O–H groups in total. The first-order chi connectivity index (χ1) is 9.66. The van der Waals surface area contributed by atoms with E-state index in [0.717, 1.165) is 0 Å². The molecule has 0 amide bonds. The van der Waals surface area contributed by atoms with Crippen molar-refractivity contribution < 1.29 is 9.13 Å². The largest absolute Gasteiger partial charge is 0.422 e. The number of benzene rings is 1. The van der Waals surface area contributed by atoms with Gasteiger partial charge in [-0.1, -0.05) is 12.1 Å². The molecule has 5 nitrogen and oxygen atoms in total. The second-order valence-electron chi connectivity index (χ2n) is 4.18. The second-order valence-corrected chi connectivity index (χ2v) is 4.18. The van der Waals surface area contributed by atoms with E-state index >= 15 is 0 Å². The summed E-state index contributed by atoms with van der Waals surface area (Å²) in [5, 5.41) is 0.434. The number of pyridine rings is 1. The number of hydrogen-bond donors (Lipinski definition) is 0. The third-order valence-corrected chi connectivity index (χ3v) is 2.88. The lowest BCUT2D eigenvalue weighted by molar-refractivity contribution is 0.391. The van der Waals surface area contributed by atoms with Gasteiger partial charge in [0.25, 0.3) is 5.56 Å². The zero-order chi connectivity index (χ0) is 14.1. The molecule has 0 bridgehead atoms. The first-order valence-electron chi connectivity index (χ1n) is 5.90. The van der Waals surface area contributed by atoms with Gasteiger partial charge < -0.3 is 4.74 Å². The van der Waals surface area contributed by atoms with Gasteiger partial charge in [0, 0.05) is 13.2 Å². The molecule has 0 fully saturated rings. The van der Waals surface area contributed by atoms with Gasteiger partial charge in [-0.3, -0.25) is 14.3 Å². The quantitative estimate of drug-likeness (QED) is 0.717. The van der Waals surface area contributed by atoms with Crippen molar-refractivity contribution in [1.82, 2.24) is 14.5 Å². The van der Waals surface area contributed by atoms with Crippen molar-refractivity contribution in [1.29, 1.82) is 0 Å². The zero-order valence-electron chi connectivity index (χ0n) is 10.6. The van der Waals surface area contributed by atoms with E-state index in [1.54, 1.807) is 18.2 Å². The van der Waals surface area contributed by atoms with Crippen molar-refractivity contribution in [2.24, 2.45) is 7.05 Å². The summed E-state index contributed by atoms with van der Waals surface area (Å²) in [6.07, 6.45) is 2.98. The Labute approximate surface area is 113 Å². The first kappa shape index (κ1) is 12.3. The van der Waals surface area contributed by atoms with Crippen LogP contribution in [0.5, 0.6) is 11.8 Å². The molecule has 0 unspecified atom stereocenters. The Kier molecular flexibility index (Phi) is 2.90. The van der Waals surface area contributed by atoms with Crippen LogP contribution in [-0.2, 0) is 7.05 Å². The molecule has 2 heterocycles. The van der Waals surface area contributed by atoms with Crippen LogP contribution in [0.3, 0.4) is 0 Å². The van der Waals surface area contributed by atoms with Crippen LogP contribution < -0.4 is 10.3 Å². The van der Waals surface area contributed by atoms with Gasteiger partial charge in [0.15, 0.2) is 11.6 Å². The van der Waals surface area contributed by atoms with Gasteiger partial charge in [0.1, 0.15) is 0 Å². The van der Waals surface area contributed by atoms with Gasteiger partial charge in [0.05, 0.1) is 17.1 Å². The molecular formula is C14H10FN3O2. The Morgan fingerprint density at radius 2 is 2.05 bits per heavy atom. The third-order valence-electron chi connectivity index (χ3n) is 2.88. The maximum absolute atomic E-state index is 13.6. The lowest BCUT2D eigenvalue weighted by Gasteiger charge is -2.10. The number of rotatable bonds is 2. The third kappa shape index (κ3) is 2.01. The lowest BCUT2D eigenvalue weighted by atomic mass is 10.3. The van der Waals surface area contributed by atoms with Crippen LogP contribution in [0, 0.1) is 5.82 Å². The Bertz CT molecular complexity index is 845. The summed E-state index contributed by atoms with van der Waals surface area (Å²) in [7, 11) is 1.52. The van der Waals surface area contributed by atoms with Crippen molar-refractivity contribution >= 4 is 10.9 Å². The fraction of sp³-hybridized carbons (Fsp3) is 0.0714. The highest BCUT2D eigenvalue weighted by Gasteiger charge is 2.11. The number of aromatic nitrogens is 3. The minimum atomic E-state index is -0.520. The van der Waals surface area contributed by atoms with Gasteiger partial charge in [-0.05, 0) is 18.2 Å². The van der Waals surface area contributed by atoms with Crippen molar-refractivity contribution in [2.45, 2.75) is 0 Å². The zero-order valence-corrected chi connectivity index (χ0v) is 10.6. The first-order valence-corrected chi connectivity index (χ1v) is 5.90. The predicted octanol–water partition coefficient (Wildman–Crippen LogP) is 2.26. The molecule has 0 spiro atoms. The predicted molar refractivity (Wildman–Crippen MR) is 71.3 cm³/mol. The highest BCUT2D eigenvalue weighted by Crippen LogP contribution is 2.22. The maximum atomic E-state index is 13.6. The Morgan fingerprint density at radius 3 is 2.85 bits per heavy atom. The molecule has 0 aliphatic heterocycles. The van der Waals surface area contributed by atoms with E-state index in [1.807, 2.05) is 0 Å². The summed E-state index contributed by atoms with van der Waals surface area (Å²) < 4.78 is 20.2. The van der Waals surface area contributed by atoms with E-state index < -0.39 is 5.82 Å². The van der Waals surface area contributed by atoms with Crippen molar-refractivity contribution in [3.8, 4) is 11.8 Å². The summed E-state index contributed by atoms with van der Waals surface area (Å²) >= 11 is 0. The van der Waals surface area contributed by atoms with Gasteiger partial charge in [-0.25, -0.2) is 4.39 Å². The van der Waals surface area contributed by atoms with Crippen LogP contribution in [0.2, 0.25) is 0 Å². The fourth-order valence-electron chi connectivity index (χ4n) is 1.82. The summed E-state index contributed by atoms with van der Waals surface area (Å²) in [5.41, 5.74) is 0.130. The number of nitrogens with zero attached hydrogens (tertiary/aromatic N) is 3. The Balaban J connectivity index is 2.15. The maximum Gasteiger partial charge on any atom is 0.305 e. The van der Waals surface area contributed by atoms with Crippen LogP contribution >= 0.6 is 0 Å². The number of ether oxygens (including phenoxy) is 1. The summed E-state index contributed by atoms with van der Waals surface area (Å²) in [4.78, 5) is 20.2. The molecule has 100 valence electrons. The van der Waals surface area contributed by atoms with Gasteiger partial charge in [-0.15, -0.1) is 0 Å². The average Bonchev–Trinajstić information content (AvgIpc) is 2.47. The Hall–Kier alpha value is -2.76. The monoisotopic (exact) mass is 271 g/mol. The van der Waals surface area contributed by atoms with Gasteiger partial charge in [-0.2, -0.15) is 4.98 Å². The van der Waals surface area contributed by atoms with E-state index in [1.165, 1.54) is 36.1 Å². The average molecular weight is 271 g/mol. The normalized spacial score (nSPS) is 10.7. The molecule has 3 aromatic rings. The van der Waals surface area contributed by atoms with Gasteiger partial charge >= 0.3 is 6.01 Å². The van der Waals surface area contributed by atoms with E-state index in [2.05, 4.69) is 9.97 Å². The number of para-hydroxylation sites is 1. The number of fused-ring (bicyclic) bond motifs is 1. The molecule has 20 heavy (non-hydrogen) atoms.